The maximum atomic E-state index is 5.60. The molecule has 1 aromatic heterocycles. The number of ether oxygens (including phenoxy) is 3. The standard InChI is InChI=1S/C28H30N4O3/c1-19-18-31(13-14-32(19)21-11-8-12-22(15-21)33-2)28-23-16-25(34-3)26(35-4)17-24(23)29-27(30-28)20-9-6-5-7-10-20/h5-12,15-17,19H,13-14,18H2,1-4H3/t19-/m1/s1. The first-order valence-electron chi connectivity index (χ1n) is 11.8. The third-order valence-electron chi connectivity index (χ3n) is 6.52. The minimum Gasteiger partial charge on any atom is -0.497 e. The van der Waals surface area contributed by atoms with Crippen LogP contribution in [0.2, 0.25) is 0 Å². The first kappa shape index (κ1) is 22.8. The Hall–Kier alpha value is -4.00. The van der Waals surface area contributed by atoms with Crippen LogP contribution in [0.15, 0.2) is 66.7 Å². The number of hydrogen-bond acceptors (Lipinski definition) is 7. The Morgan fingerprint density at radius 3 is 2.29 bits per heavy atom. The largest absolute Gasteiger partial charge is 0.497 e. The summed E-state index contributed by atoms with van der Waals surface area (Å²) < 4.78 is 16.6. The lowest BCUT2D eigenvalue weighted by Crippen LogP contribution is -2.52. The Morgan fingerprint density at radius 2 is 1.57 bits per heavy atom. The number of fused-ring (bicyclic) bond motifs is 1. The van der Waals surface area contributed by atoms with E-state index in [0.717, 1.165) is 47.7 Å². The van der Waals surface area contributed by atoms with E-state index in [1.165, 1.54) is 5.69 Å². The summed E-state index contributed by atoms with van der Waals surface area (Å²) in [6, 6.07) is 22.5. The predicted molar refractivity (Wildman–Crippen MR) is 140 cm³/mol. The molecule has 0 bridgehead atoms. The van der Waals surface area contributed by atoms with E-state index >= 15 is 0 Å². The molecule has 3 aromatic carbocycles. The van der Waals surface area contributed by atoms with E-state index in [4.69, 9.17) is 24.2 Å². The SMILES string of the molecule is COc1cccc(N2CCN(c3nc(-c4ccccc4)nc4cc(OC)c(OC)cc34)C[C@H]2C)c1. The van der Waals surface area contributed by atoms with Crippen LogP contribution in [0.1, 0.15) is 6.92 Å². The summed E-state index contributed by atoms with van der Waals surface area (Å²) >= 11 is 0. The van der Waals surface area contributed by atoms with Crippen molar-refractivity contribution < 1.29 is 14.2 Å². The van der Waals surface area contributed by atoms with Gasteiger partial charge in [-0.15, -0.1) is 0 Å². The van der Waals surface area contributed by atoms with Gasteiger partial charge in [-0.1, -0.05) is 36.4 Å². The molecule has 1 saturated heterocycles. The molecule has 1 aliphatic rings. The van der Waals surface area contributed by atoms with Gasteiger partial charge < -0.3 is 24.0 Å². The minimum atomic E-state index is 0.279. The van der Waals surface area contributed by atoms with E-state index in [2.05, 4.69) is 28.9 Å². The summed E-state index contributed by atoms with van der Waals surface area (Å²) in [4.78, 5) is 14.7. The van der Waals surface area contributed by atoms with Gasteiger partial charge in [0, 0.05) is 54.4 Å². The van der Waals surface area contributed by atoms with Gasteiger partial charge in [0.15, 0.2) is 17.3 Å². The van der Waals surface area contributed by atoms with E-state index in [1.807, 2.05) is 54.6 Å². The summed E-state index contributed by atoms with van der Waals surface area (Å²) in [6.07, 6.45) is 0. The molecular weight excluding hydrogens is 440 g/mol. The number of piperazine rings is 1. The normalized spacial score (nSPS) is 15.8. The van der Waals surface area contributed by atoms with Crippen LogP contribution in [0.3, 0.4) is 0 Å². The monoisotopic (exact) mass is 470 g/mol. The van der Waals surface area contributed by atoms with Gasteiger partial charge in [0.1, 0.15) is 11.6 Å². The molecule has 0 radical (unpaired) electrons. The van der Waals surface area contributed by atoms with Crippen molar-refractivity contribution in [3.8, 4) is 28.6 Å². The fourth-order valence-electron chi connectivity index (χ4n) is 4.72. The summed E-state index contributed by atoms with van der Waals surface area (Å²) in [6.45, 7) is 4.77. The van der Waals surface area contributed by atoms with Crippen molar-refractivity contribution in [2.75, 3.05) is 50.8 Å². The van der Waals surface area contributed by atoms with Gasteiger partial charge in [0.05, 0.1) is 26.8 Å². The lowest BCUT2D eigenvalue weighted by molar-refractivity contribution is 0.356. The first-order valence-corrected chi connectivity index (χ1v) is 11.8. The quantitative estimate of drug-likeness (QED) is 0.391. The minimum absolute atomic E-state index is 0.279. The summed E-state index contributed by atoms with van der Waals surface area (Å²) in [5.74, 6) is 3.79. The van der Waals surface area contributed by atoms with Crippen LogP contribution >= 0.6 is 0 Å². The lowest BCUT2D eigenvalue weighted by Gasteiger charge is -2.42. The lowest BCUT2D eigenvalue weighted by atomic mass is 10.1. The molecule has 0 N–H and O–H groups in total. The molecule has 0 saturated carbocycles. The Morgan fingerprint density at radius 1 is 0.800 bits per heavy atom. The average Bonchev–Trinajstić information content (AvgIpc) is 2.92. The number of hydrogen-bond donors (Lipinski definition) is 0. The Labute approximate surface area is 205 Å². The van der Waals surface area contributed by atoms with Crippen molar-refractivity contribution in [3.05, 3.63) is 66.7 Å². The molecule has 7 heteroatoms. The molecule has 0 spiro atoms. The number of rotatable bonds is 6. The highest BCUT2D eigenvalue weighted by Crippen LogP contribution is 2.37. The molecule has 1 atom stereocenters. The van der Waals surface area contributed by atoms with Gasteiger partial charge in [-0.3, -0.25) is 0 Å². The van der Waals surface area contributed by atoms with Crippen molar-refractivity contribution >= 4 is 22.4 Å². The molecule has 5 rings (SSSR count). The van der Waals surface area contributed by atoms with E-state index in [-0.39, 0.29) is 6.04 Å². The van der Waals surface area contributed by atoms with Crippen LogP contribution in [0.4, 0.5) is 11.5 Å². The number of nitrogens with zero attached hydrogens (tertiary/aromatic N) is 4. The van der Waals surface area contributed by atoms with Gasteiger partial charge in [-0.2, -0.15) is 0 Å². The maximum absolute atomic E-state index is 5.60. The zero-order valence-corrected chi connectivity index (χ0v) is 20.6. The third-order valence-corrected chi connectivity index (χ3v) is 6.52. The molecule has 0 unspecified atom stereocenters. The molecular formula is C28H30N4O3. The molecule has 7 nitrogen and oxygen atoms in total. The van der Waals surface area contributed by atoms with Gasteiger partial charge in [-0.05, 0) is 25.1 Å². The van der Waals surface area contributed by atoms with Crippen LogP contribution in [0, 0.1) is 0 Å². The highest BCUT2D eigenvalue weighted by Gasteiger charge is 2.27. The van der Waals surface area contributed by atoms with Crippen LogP contribution in [-0.4, -0.2) is 57.0 Å². The summed E-state index contributed by atoms with van der Waals surface area (Å²) in [7, 11) is 5.00. The van der Waals surface area contributed by atoms with Crippen LogP contribution in [-0.2, 0) is 0 Å². The third kappa shape index (κ3) is 4.41. The van der Waals surface area contributed by atoms with Crippen molar-refractivity contribution in [1.29, 1.82) is 0 Å². The Bertz CT molecular complexity index is 1330. The number of benzene rings is 3. The predicted octanol–water partition coefficient (Wildman–Crippen LogP) is 5.04. The van der Waals surface area contributed by atoms with E-state index in [1.54, 1.807) is 21.3 Å². The molecule has 0 aliphatic carbocycles. The van der Waals surface area contributed by atoms with Gasteiger partial charge in [0.2, 0.25) is 0 Å². The van der Waals surface area contributed by atoms with Gasteiger partial charge in [-0.25, -0.2) is 9.97 Å². The van der Waals surface area contributed by atoms with Crippen molar-refractivity contribution in [2.24, 2.45) is 0 Å². The smallest absolute Gasteiger partial charge is 0.162 e. The molecule has 1 fully saturated rings. The number of aromatic nitrogens is 2. The number of methoxy groups -OCH3 is 3. The Kier molecular flexibility index (Phi) is 6.31. The van der Waals surface area contributed by atoms with Crippen molar-refractivity contribution in [3.63, 3.8) is 0 Å². The second-order valence-electron chi connectivity index (χ2n) is 8.65. The van der Waals surface area contributed by atoms with Crippen LogP contribution < -0.4 is 24.0 Å². The summed E-state index contributed by atoms with van der Waals surface area (Å²) in [5, 5.41) is 0.948. The fourth-order valence-corrected chi connectivity index (χ4v) is 4.72. The molecule has 1 aliphatic heterocycles. The second kappa shape index (κ2) is 9.70. The van der Waals surface area contributed by atoms with Crippen molar-refractivity contribution in [1.82, 2.24) is 9.97 Å². The molecule has 0 amide bonds. The summed E-state index contributed by atoms with van der Waals surface area (Å²) in [5.41, 5.74) is 2.98. The topological polar surface area (TPSA) is 60.0 Å². The molecule has 2 heterocycles. The second-order valence-corrected chi connectivity index (χ2v) is 8.65. The first-order chi connectivity index (χ1) is 17.1. The van der Waals surface area contributed by atoms with Crippen molar-refractivity contribution in [2.45, 2.75) is 13.0 Å². The van der Waals surface area contributed by atoms with Gasteiger partial charge in [0.25, 0.3) is 0 Å². The fraction of sp³-hybridized carbons (Fsp3) is 0.286. The van der Waals surface area contributed by atoms with Crippen LogP contribution in [0.5, 0.6) is 17.2 Å². The molecule has 35 heavy (non-hydrogen) atoms. The van der Waals surface area contributed by atoms with E-state index in [0.29, 0.717) is 17.3 Å². The maximum Gasteiger partial charge on any atom is 0.162 e. The highest BCUT2D eigenvalue weighted by atomic mass is 16.5. The molecule has 4 aromatic rings. The zero-order chi connectivity index (χ0) is 24.4. The molecule has 180 valence electrons. The van der Waals surface area contributed by atoms with Gasteiger partial charge >= 0.3 is 0 Å². The van der Waals surface area contributed by atoms with E-state index < -0.39 is 0 Å². The highest BCUT2D eigenvalue weighted by molar-refractivity contribution is 5.93. The number of anilines is 2. The van der Waals surface area contributed by atoms with Crippen LogP contribution in [0.25, 0.3) is 22.3 Å². The zero-order valence-electron chi connectivity index (χ0n) is 20.6. The van der Waals surface area contributed by atoms with E-state index in [9.17, 15) is 0 Å². The Balaban J connectivity index is 1.55. The average molecular weight is 471 g/mol.